The zero-order valence-corrected chi connectivity index (χ0v) is 10.2. The normalized spacial score (nSPS) is 12.4. The Hall–Kier alpha value is -1.52. The fraction of sp³-hybridized carbons (Fsp3) is 0.154. The predicted molar refractivity (Wildman–Crippen MR) is 66.2 cm³/mol. The van der Waals surface area contributed by atoms with Crippen molar-refractivity contribution in [2.75, 3.05) is 0 Å². The molecule has 1 heterocycles. The van der Waals surface area contributed by atoms with Crippen LogP contribution in [0.25, 0.3) is 0 Å². The number of nitrogens with zero attached hydrogens (tertiary/aromatic N) is 1. The van der Waals surface area contributed by atoms with Gasteiger partial charge in [0.15, 0.2) is 0 Å². The molecular formula is C13H11ClF2N2. The molecule has 0 aliphatic carbocycles. The van der Waals surface area contributed by atoms with Crippen LogP contribution < -0.4 is 5.73 Å². The smallest absolute Gasteiger partial charge is 0.146 e. The summed E-state index contributed by atoms with van der Waals surface area (Å²) in [4.78, 5) is 3.64. The standard InChI is InChI=1S/C13H11ClF2N2/c14-9-2-1-8(11(15)6-9)5-13(17)10-3-4-18-7-12(10)16/h1-4,6-7,13H,5,17H2. The molecule has 0 fully saturated rings. The molecule has 0 saturated carbocycles. The Morgan fingerprint density at radius 3 is 2.67 bits per heavy atom. The van der Waals surface area contributed by atoms with E-state index in [0.717, 1.165) is 6.20 Å². The summed E-state index contributed by atoms with van der Waals surface area (Å²) in [6.07, 6.45) is 2.74. The molecule has 2 aromatic rings. The average molecular weight is 269 g/mol. The highest BCUT2D eigenvalue weighted by molar-refractivity contribution is 6.30. The molecule has 1 atom stereocenters. The predicted octanol–water partition coefficient (Wildman–Crippen LogP) is 3.26. The largest absolute Gasteiger partial charge is 0.324 e. The second-order valence-electron chi connectivity index (χ2n) is 3.94. The first-order chi connectivity index (χ1) is 8.58. The molecule has 0 aliphatic rings. The van der Waals surface area contributed by atoms with Crippen molar-refractivity contribution < 1.29 is 8.78 Å². The molecular weight excluding hydrogens is 258 g/mol. The molecule has 0 bridgehead atoms. The van der Waals surface area contributed by atoms with E-state index in [4.69, 9.17) is 17.3 Å². The molecule has 0 aliphatic heterocycles. The molecule has 2 rings (SSSR count). The van der Waals surface area contributed by atoms with Gasteiger partial charge in [-0.25, -0.2) is 8.78 Å². The minimum absolute atomic E-state index is 0.198. The Morgan fingerprint density at radius 2 is 2.00 bits per heavy atom. The second kappa shape index (κ2) is 5.42. The first kappa shape index (κ1) is 12.9. The average Bonchev–Trinajstić information content (AvgIpc) is 2.33. The molecule has 1 aromatic carbocycles. The van der Waals surface area contributed by atoms with Gasteiger partial charge in [0.2, 0.25) is 0 Å². The summed E-state index contributed by atoms with van der Waals surface area (Å²) >= 11 is 5.66. The van der Waals surface area contributed by atoms with Crippen LogP contribution in [0, 0.1) is 11.6 Å². The van der Waals surface area contributed by atoms with Crippen molar-refractivity contribution in [1.29, 1.82) is 0 Å². The molecule has 18 heavy (non-hydrogen) atoms. The van der Waals surface area contributed by atoms with E-state index < -0.39 is 17.7 Å². The van der Waals surface area contributed by atoms with Crippen LogP contribution in [-0.2, 0) is 6.42 Å². The van der Waals surface area contributed by atoms with Crippen LogP contribution in [0.5, 0.6) is 0 Å². The summed E-state index contributed by atoms with van der Waals surface area (Å²) in [6.45, 7) is 0. The fourth-order valence-electron chi connectivity index (χ4n) is 1.72. The molecule has 0 amide bonds. The first-order valence-electron chi connectivity index (χ1n) is 5.37. The maximum absolute atomic E-state index is 13.6. The third kappa shape index (κ3) is 2.83. The van der Waals surface area contributed by atoms with Crippen LogP contribution in [0.1, 0.15) is 17.2 Å². The number of benzene rings is 1. The van der Waals surface area contributed by atoms with E-state index in [1.165, 1.54) is 18.3 Å². The lowest BCUT2D eigenvalue weighted by molar-refractivity contribution is 0.559. The molecule has 0 radical (unpaired) electrons. The lowest BCUT2D eigenvalue weighted by atomic mass is 10.00. The lowest BCUT2D eigenvalue weighted by Gasteiger charge is -2.13. The van der Waals surface area contributed by atoms with Crippen molar-refractivity contribution in [2.45, 2.75) is 12.5 Å². The number of pyridine rings is 1. The van der Waals surface area contributed by atoms with Gasteiger partial charge in [-0.2, -0.15) is 0 Å². The van der Waals surface area contributed by atoms with Crippen LogP contribution in [0.3, 0.4) is 0 Å². The molecule has 0 saturated heterocycles. The molecule has 5 heteroatoms. The van der Waals surface area contributed by atoms with Gasteiger partial charge in [0.05, 0.1) is 6.20 Å². The number of aromatic nitrogens is 1. The Morgan fingerprint density at radius 1 is 1.22 bits per heavy atom. The minimum Gasteiger partial charge on any atom is -0.324 e. The van der Waals surface area contributed by atoms with E-state index >= 15 is 0 Å². The Labute approximate surface area is 108 Å². The van der Waals surface area contributed by atoms with Crippen molar-refractivity contribution in [3.05, 3.63) is 64.4 Å². The van der Waals surface area contributed by atoms with Crippen molar-refractivity contribution in [2.24, 2.45) is 5.73 Å². The number of rotatable bonds is 3. The van der Waals surface area contributed by atoms with Crippen LogP contribution >= 0.6 is 11.6 Å². The van der Waals surface area contributed by atoms with E-state index in [0.29, 0.717) is 16.1 Å². The Kier molecular flexibility index (Phi) is 3.89. The van der Waals surface area contributed by atoms with Crippen LogP contribution in [-0.4, -0.2) is 4.98 Å². The quantitative estimate of drug-likeness (QED) is 0.928. The summed E-state index contributed by atoms with van der Waals surface area (Å²) in [7, 11) is 0. The molecule has 2 nitrogen and oxygen atoms in total. The maximum atomic E-state index is 13.6. The molecule has 1 unspecified atom stereocenters. The highest BCUT2D eigenvalue weighted by Gasteiger charge is 2.14. The maximum Gasteiger partial charge on any atom is 0.146 e. The Balaban J connectivity index is 2.21. The van der Waals surface area contributed by atoms with Crippen molar-refractivity contribution >= 4 is 11.6 Å². The van der Waals surface area contributed by atoms with Gasteiger partial charge < -0.3 is 5.73 Å². The van der Waals surface area contributed by atoms with E-state index in [9.17, 15) is 8.78 Å². The van der Waals surface area contributed by atoms with Crippen molar-refractivity contribution in [3.63, 3.8) is 0 Å². The van der Waals surface area contributed by atoms with Crippen LogP contribution in [0.4, 0.5) is 8.78 Å². The van der Waals surface area contributed by atoms with E-state index in [-0.39, 0.29) is 6.42 Å². The van der Waals surface area contributed by atoms with Crippen LogP contribution in [0.2, 0.25) is 5.02 Å². The summed E-state index contributed by atoms with van der Waals surface area (Å²) in [5, 5.41) is 0.319. The zero-order valence-electron chi connectivity index (χ0n) is 9.41. The topological polar surface area (TPSA) is 38.9 Å². The van der Waals surface area contributed by atoms with E-state index in [1.54, 1.807) is 12.1 Å². The SMILES string of the molecule is NC(Cc1ccc(Cl)cc1F)c1ccncc1F. The molecule has 0 spiro atoms. The fourth-order valence-corrected chi connectivity index (χ4v) is 1.88. The van der Waals surface area contributed by atoms with Gasteiger partial charge in [0.25, 0.3) is 0 Å². The third-order valence-corrected chi connectivity index (χ3v) is 2.89. The Bertz CT molecular complexity index is 560. The minimum atomic E-state index is -0.622. The van der Waals surface area contributed by atoms with E-state index in [2.05, 4.69) is 4.98 Å². The van der Waals surface area contributed by atoms with Crippen LogP contribution in [0.15, 0.2) is 36.7 Å². The summed E-state index contributed by atoms with van der Waals surface area (Å²) in [5.74, 6) is -0.924. The lowest BCUT2D eigenvalue weighted by Crippen LogP contribution is -2.15. The first-order valence-corrected chi connectivity index (χ1v) is 5.74. The number of nitrogens with two attached hydrogens (primary N) is 1. The van der Waals surface area contributed by atoms with Gasteiger partial charge in [0.1, 0.15) is 11.6 Å². The van der Waals surface area contributed by atoms with Gasteiger partial charge in [-0.1, -0.05) is 17.7 Å². The van der Waals surface area contributed by atoms with Gasteiger partial charge >= 0.3 is 0 Å². The summed E-state index contributed by atoms with van der Waals surface area (Å²) in [6, 6.07) is 5.22. The molecule has 2 N–H and O–H groups in total. The van der Waals surface area contributed by atoms with Crippen molar-refractivity contribution in [3.8, 4) is 0 Å². The zero-order chi connectivity index (χ0) is 13.1. The number of hydrogen-bond acceptors (Lipinski definition) is 2. The molecule has 1 aromatic heterocycles. The van der Waals surface area contributed by atoms with Gasteiger partial charge in [-0.3, -0.25) is 4.98 Å². The number of halogens is 3. The van der Waals surface area contributed by atoms with Crippen molar-refractivity contribution in [1.82, 2.24) is 4.98 Å². The summed E-state index contributed by atoms with van der Waals surface area (Å²) < 4.78 is 27.0. The van der Waals surface area contributed by atoms with E-state index in [1.807, 2.05) is 0 Å². The molecule has 94 valence electrons. The highest BCUT2D eigenvalue weighted by atomic mass is 35.5. The number of hydrogen-bond donors (Lipinski definition) is 1. The third-order valence-electron chi connectivity index (χ3n) is 2.66. The van der Waals surface area contributed by atoms with Gasteiger partial charge in [0, 0.05) is 22.8 Å². The highest BCUT2D eigenvalue weighted by Crippen LogP contribution is 2.21. The summed E-state index contributed by atoms with van der Waals surface area (Å²) in [5.41, 5.74) is 6.59. The monoisotopic (exact) mass is 268 g/mol. The van der Waals surface area contributed by atoms with Gasteiger partial charge in [-0.15, -0.1) is 0 Å². The van der Waals surface area contributed by atoms with Gasteiger partial charge in [-0.05, 0) is 30.2 Å². The second-order valence-corrected chi connectivity index (χ2v) is 4.38.